The van der Waals surface area contributed by atoms with Crippen molar-refractivity contribution in [1.29, 1.82) is 0 Å². The van der Waals surface area contributed by atoms with Gasteiger partial charge in [0, 0.05) is 19.3 Å². The molecule has 0 bridgehead atoms. The van der Waals surface area contributed by atoms with Gasteiger partial charge >= 0.3 is 5.97 Å². The first kappa shape index (κ1) is 22.0. The van der Waals surface area contributed by atoms with Gasteiger partial charge in [-0.2, -0.15) is 0 Å². The van der Waals surface area contributed by atoms with Gasteiger partial charge in [0.2, 0.25) is 11.6 Å². The number of aromatic carboxylic acids is 1. The Kier molecular flexibility index (Phi) is 7.34. The molecule has 2 aromatic carbocycles. The van der Waals surface area contributed by atoms with Crippen LogP contribution in [-0.4, -0.2) is 31.6 Å². The topological polar surface area (TPSA) is 85.1 Å². The Bertz CT molecular complexity index is 1110. The molecule has 0 atom stereocenters. The second-order valence-corrected chi connectivity index (χ2v) is 7.29. The van der Waals surface area contributed by atoms with Crippen molar-refractivity contribution in [2.75, 3.05) is 0 Å². The van der Waals surface area contributed by atoms with Gasteiger partial charge in [-0.05, 0) is 29.2 Å². The van der Waals surface area contributed by atoms with Crippen LogP contribution in [0.2, 0.25) is 0 Å². The molecule has 3 rings (SSSR count). The fraction of sp³-hybridized carbons (Fsp3) is 0.280. The maximum absolute atomic E-state index is 12.4. The Morgan fingerprint density at radius 2 is 1.87 bits per heavy atom. The van der Waals surface area contributed by atoms with Gasteiger partial charge in [-0.1, -0.05) is 55.8 Å². The van der Waals surface area contributed by atoms with Crippen LogP contribution in [0.3, 0.4) is 0 Å². The molecule has 0 saturated heterocycles. The molecule has 6 nitrogen and oxygen atoms in total. The summed E-state index contributed by atoms with van der Waals surface area (Å²) in [7, 11) is 0. The van der Waals surface area contributed by atoms with Crippen molar-refractivity contribution in [3.8, 4) is 23.5 Å². The number of aromatic nitrogens is 3. The SMILES string of the molecule is C#CCCc1nc(C(=O)CCCC)nn1Cc1ccc(-c2ccccc2C(=O)O)cc1. The van der Waals surface area contributed by atoms with E-state index in [1.165, 1.54) is 0 Å². The minimum Gasteiger partial charge on any atom is -0.478 e. The maximum Gasteiger partial charge on any atom is 0.336 e. The highest BCUT2D eigenvalue weighted by atomic mass is 16.4. The summed E-state index contributed by atoms with van der Waals surface area (Å²) < 4.78 is 1.73. The molecule has 1 N–H and O–H groups in total. The number of carboxylic acid groups (broad SMARTS) is 1. The van der Waals surface area contributed by atoms with E-state index in [0.29, 0.717) is 37.2 Å². The number of carbonyl (C=O) groups is 2. The van der Waals surface area contributed by atoms with Crippen molar-refractivity contribution in [1.82, 2.24) is 14.8 Å². The molecule has 0 unspecified atom stereocenters. The van der Waals surface area contributed by atoms with Gasteiger partial charge in [0.25, 0.3) is 0 Å². The molecular formula is C25H25N3O3. The third kappa shape index (κ3) is 5.46. The molecule has 158 valence electrons. The minimum absolute atomic E-state index is 0.0526. The van der Waals surface area contributed by atoms with E-state index in [1.54, 1.807) is 22.9 Å². The Labute approximate surface area is 182 Å². The number of Topliss-reactive ketones (excluding diaryl/α,β-unsaturated/α-hetero) is 1. The molecule has 0 aliphatic heterocycles. The first-order valence-electron chi connectivity index (χ1n) is 10.4. The molecule has 3 aromatic rings. The summed E-state index contributed by atoms with van der Waals surface area (Å²) in [6, 6.07) is 14.6. The monoisotopic (exact) mass is 415 g/mol. The summed E-state index contributed by atoms with van der Waals surface area (Å²) in [5, 5.41) is 13.9. The first-order chi connectivity index (χ1) is 15.0. The number of terminal acetylenes is 1. The second-order valence-electron chi connectivity index (χ2n) is 7.29. The molecule has 1 heterocycles. The van der Waals surface area contributed by atoms with E-state index < -0.39 is 5.97 Å². The van der Waals surface area contributed by atoms with E-state index in [1.807, 2.05) is 37.3 Å². The minimum atomic E-state index is -0.958. The summed E-state index contributed by atoms with van der Waals surface area (Å²) in [4.78, 5) is 28.3. The predicted octanol–water partition coefficient (Wildman–Crippen LogP) is 4.63. The number of rotatable bonds is 10. The lowest BCUT2D eigenvalue weighted by molar-refractivity contribution is 0.0697. The Balaban J connectivity index is 1.83. The van der Waals surface area contributed by atoms with Gasteiger partial charge in [0.15, 0.2) is 0 Å². The van der Waals surface area contributed by atoms with Gasteiger partial charge in [-0.15, -0.1) is 17.4 Å². The molecular weight excluding hydrogens is 390 g/mol. The average Bonchev–Trinajstić information content (AvgIpc) is 3.19. The van der Waals surface area contributed by atoms with Crippen LogP contribution in [0, 0.1) is 12.3 Å². The number of benzene rings is 2. The number of ketones is 1. The largest absolute Gasteiger partial charge is 0.478 e. The third-order valence-corrected chi connectivity index (χ3v) is 5.00. The van der Waals surface area contributed by atoms with Gasteiger partial charge < -0.3 is 5.11 Å². The first-order valence-corrected chi connectivity index (χ1v) is 10.4. The highest BCUT2D eigenvalue weighted by Gasteiger charge is 2.16. The van der Waals surface area contributed by atoms with Gasteiger partial charge in [-0.25, -0.2) is 14.5 Å². The number of carboxylic acids is 1. The Morgan fingerprint density at radius 1 is 1.13 bits per heavy atom. The number of hydrogen-bond acceptors (Lipinski definition) is 4. The lowest BCUT2D eigenvalue weighted by Crippen LogP contribution is -2.08. The number of unbranched alkanes of at least 4 members (excludes halogenated alkanes) is 1. The molecule has 0 fully saturated rings. The molecule has 0 saturated carbocycles. The fourth-order valence-electron chi connectivity index (χ4n) is 3.32. The van der Waals surface area contributed by atoms with Crippen LogP contribution in [0.4, 0.5) is 0 Å². The Hall–Kier alpha value is -3.72. The summed E-state index contributed by atoms with van der Waals surface area (Å²) >= 11 is 0. The van der Waals surface area contributed by atoms with E-state index in [4.69, 9.17) is 6.42 Å². The number of nitrogens with zero attached hydrogens (tertiary/aromatic N) is 3. The summed E-state index contributed by atoms with van der Waals surface area (Å²) in [5.41, 5.74) is 2.72. The molecule has 1 aromatic heterocycles. The van der Waals surface area contributed by atoms with Crippen molar-refractivity contribution in [3.05, 3.63) is 71.3 Å². The van der Waals surface area contributed by atoms with Crippen molar-refractivity contribution in [3.63, 3.8) is 0 Å². The third-order valence-electron chi connectivity index (χ3n) is 5.00. The number of carbonyl (C=O) groups excluding carboxylic acids is 1. The second kappa shape index (κ2) is 10.4. The summed E-state index contributed by atoms with van der Waals surface area (Å²) in [6.07, 6.45) is 8.66. The zero-order valence-electron chi connectivity index (χ0n) is 17.5. The lowest BCUT2D eigenvalue weighted by atomic mass is 9.99. The van der Waals surface area contributed by atoms with Crippen LogP contribution >= 0.6 is 0 Å². The van der Waals surface area contributed by atoms with Gasteiger partial charge in [0.1, 0.15) is 5.82 Å². The predicted molar refractivity (Wildman–Crippen MR) is 119 cm³/mol. The molecule has 0 radical (unpaired) electrons. The smallest absolute Gasteiger partial charge is 0.336 e. The molecule has 0 spiro atoms. The van der Waals surface area contributed by atoms with Crippen LogP contribution < -0.4 is 0 Å². The van der Waals surface area contributed by atoms with E-state index in [9.17, 15) is 14.7 Å². The zero-order chi connectivity index (χ0) is 22.2. The van der Waals surface area contributed by atoms with Crippen molar-refractivity contribution in [2.45, 2.75) is 45.6 Å². The van der Waals surface area contributed by atoms with Crippen molar-refractivity contribution in [2.24, 2.45) is 0 Å². The van der Waals surface area contributed by atoms with E-state index in [0.717, 1.165) is 24.0 Å². The highest BCUT2D eigenvalue weighted by molar-refractivity contribution is 5.96. The number of hydrogen-bond donors (Lipinski definition) is 1. The van der Waals surface area contributed by atoms with Crippen LogP contribution in [-0.2, 0) is 13.0 Å². The van der Waals surface area contributed by atoms with Crippen LogP contribution in [0.15, 0.2) is 48.5 Å². The van der Waals surface area contributed by atoms with E-state index in [2.05, 4.69) is 16.0 Å². The van der Waals surface area contributed by atoms with Crippen LogP contribution in [0.25, 0.3) is 11.1 Å². The number of aryl methyl sites for hydroxylation is 1. The van der Waals surface area contributed by atoms with Gasteiger partial charge in [0.05, 0.1) is 12.1 Å². The summed E-state index contributed by atoms with van der Waals surface area (Å²) in [5.74, 6) is 2.53. The van der Waals surface area contributed by atoms with Gasteiger partial charge in [-0.3, -0.25) is 4.79 Å². The van der Waals surface area contributed by atoms with E-state index in [-0.39, 0.29) is 17.2 Å². The quantitative estimate of drug-likeness (QED) is 0.385. The summed E-state index contributed by atoms with van der Waals surface area (Å²) in [6.45, 7) is 2.49. The molecule has 0 aliphatic carbocycles. The molecule has 31 heavy (non-hydrogen) atoms. The van der Waals surface area contributed by atoms with Crippen LogP contribution in [0.5, 0.6) is 0 Å². The normalized spacial score (nSPS) is 10.6. The fourth-order valence-corrected chi connectivity index (χ4v) is 3.32. The standard InChI is InChI=1S/C25H25N3O3/c1-3-5-11-22(29)24-26-23(12-6-4-2)28(27-24)17-18-13-15-19(16-14-18)20-9-7-8-10-21(20)25(30)31/h2,7-10,13-16H,3,5-6,11-12,17H2,1H3,(H,30,31). The molecule has 6 heteroatoms. The highest BCUT2D eigenvalue weighted by Crippen LogP contribution is 2.24. The molecule has 0 aliphatic rings. The van der Waals surface area contributed by atoms with Crippen molar-refractivity contribution < 1.29 is 14.7 Å². The average molecular weight is 415 g/mol. The Morgan fingerprint density at radius 3 is 2.55 bits per heavy atom. The molecule has 0 amide bonds. The lowest BCUT2D eigenvalue weighted by Gasteiger charge is -2.09. The van der Waals surface area contributed by atoms with Crippen molar-refractivity contribution >= 4 is 11.8 Å². The van der Waals surface area contributed by atoms with E-state index >= 15 is 0 Å². The zero-order valence-corrected chi connectivity index (χ0v) is 17.5. The van der Waals surface area contributed by atoms with Crippen LogP contribution in [0.1, 0.15) is 65.0 Å². The maximum atomic E-state index is 12.4.